The molecule has 0 aliphatic heterocycles. The number of aryl methyl sites for hydroxylation is 1. The molecule has 0 radical (unpaired) electrons. The number of aromatic nitrogens is 1. The van der Waals surface area contributed by atoms with Gasteiger partial charge in [-0.1, -0.05) is 48.5 Å². The highest BCUT2D eigenvalue weighted by Gasteiger charge is 2.08. The van der Waals surface area contributed by atoms with Crippen molar-refractivity contribution in [3.8, 4) is 0 Å². The van der Waals surface area contributed by atoms with Crippen LogP contribution in [0.1, 0.15) is 22.4 Å². The zero-order chi connectivity index (χ0) is 16.1. The molecule has 1 N–H and O–H groups in total. The molecule has 0 amide bonds. The quantitative estimate of drug-likeness (QED) is 0.566. The first kappa shape index (κ1) is 15.0. The molecule has 0 saturated carbocycles. The van der Waals surface area contributed by atoms with Crippen LogP contribution in [-0.2, 0) is 0 Å². The van der Waals surface area contributed by atoms with Gasteiger partial charge in [-0.25, -0.2) is 0 Å². The van der Waals surface area contributed by atoms with E-state index < -0.39 is 0 Å². The van der Waals surface area contributed by atoms with Gasteiger partial charge in [0.1, 0.15) is 5.71 Å². The van der Waals surface area contributed by atoms with Crippen LogP contribution in [0.3, 0.4) is 0 Å². The van der Waals surface area contributed by atoms with Crippen LogP contribution in [0, 0.1) is 13.8 Å². The Kier molecular flexibility index (Phi) is 4.48. The van der Waals surface area contributed by atoms with E-state index in [0.29, 0.717) is 0 Å². The van der Waals surface area contributed by atoms with Crippen LogP contribution >= 0.6 is 0 Å². The highest BCUT2D eigenvalue weighted by atomic mass is 15.3. The molecule has 0 unspecified atom stereocenters. The Labute approximate surface area is 136 Å². The minimum Gasteiger partial charge on any atom is -0.278 e. The molecule has 3 nitrogen and oxygen atoms in total. The van der Waals surface area contributed by atoms with E-state index in [4.69, 9.17) is 0 Å². The third-order valence-electron chi connectivity index (χ3n) is 3.85. The Hall–Kier alpha value is -2.94. The summed E-state index contributed by atoms with van der Waals surface area (Å²) in [5.74, 6) is 0. The maximum atomic E-state index is 4.64. The van der Waals surface area contributed by atoms with Crippen molar-refractivity contribution < 1.29 is 0 Å². The second-order valence-corrected chi connectivity index (χ2v) is 5.40. The zero-order valence-corrected chi connectivity index (χ0v) is 13.3. The Morgan fingerprint density at radius 1 is 0.870 bits per heavy atom. The molecule has 114 valence electrons. The van der Waals surface area contributed by atoms with Gasteiger partial charge in [0.15, 0.2) is 0 Å². The van der Waals surface area contributed by atoms with Crippen molar-refractivity contribution >= 4 is 11.4 Å². The predicted octanol–water partition coefficient (Wildman–Crippen LogP) is 4.56. The highest BCUT2D eigenvalue weighted by molar-refractivity contribution is 6.11. The van der Waals surface area contributed by atoms with Crippen molar-refractivity contribution in [2.24, 2.45) is 5.10 Å². The molecule has 1 aromatic heterocycles. The highest BCUT2D eigenvalue weighted by Crippen LogP contribution is 2.18. The average Bonchev–Trinajstić information content (AvgIpc) is 2.60. The standard InChI is InChI=1S/C20H19N3/c1-15-9-8-13-18(16(15)2)22-23-20(17-10-4-3-5-11-17)19-12-6-7-14-21-19/h3-14,22H,1-2H3/b23-20+. The maximum Gasteiger partial charge on any atom is 0.116 e. The lowest BCUT2D eigenvalue weighted by molar-refractivity contribution is 1.23. The van der Waals surface area contributed by atoms with E-state index in [1.807, 2.05) is 60.7 Å². The molecule has 0 aliphatic carbocycles. The van der Waals surface area contributed by atoms with Crippen LogP contribution in [0.25, 0.3) is 0 Å². The van der Waals surface area contributed by atoms with E-state index in [9.17, 15) is 0 Å². The number of hydrogen-bond donors (Lipinski definition) is 1. The summed E-state index contributed by atoms with van der Waals surface area (Å²) in [6.07, 6.45) is 1.78. The van der Waals surface area contributed by atoms with E-state index in [2.05, 4.69) is 35.4 Å². The van der Waals surface area contributed by atoms with Crippen LogP contribution in [0.5, 0.6) is 0 Å². The van der Waals surface area contributed by atoms with Gasteiger partial charge in [0.2, 0.25) is 0 Å². The summed E-state index contributed by atoms with van der Waals surface area (Å²) in [5.41, 5.74) is 9.35. The van der Waals surface area contributed by atoms with Crippen molar-refractivity contribution in [3.05, 3.63) is 95.3 Å². The van der Waals surface area contributed by atoms with Crippen LogP contribution in [0.4, 0.5) is 5.69 Å². The molecule has 3 heteroatoms. The molecule has 0 bridgehead atoms. The number of anilines is 1. The van der Waals surface area contributed by atoms with Gasteiger partial charge in [0, 0.05) is 11.8 Å². The lowest BCUT2D eigenvalue weighted by atomic mass is 10.1. The normalized spacial score (nSPS) is 11.3. The summed E-state index contributed by atoms with van der Waals surface area (Å²) >= 11 is 0. The van der Waals surface area contributed by atoms with Gasteiger partial charge in [0.05, 0.1) is 11.4 Å². The molecule has 3 rings (SSSR count). The molecule has 0 aliphatic rings. The van der Waals surface area contributed by atoms with Crippen molar-refractivity contribution in [2.45, 2.75) is 13.8 Å². The van der Waals surface area contributed by atoms with E-state index in [0.717, 1.165) is 22.7 Å². The summed E-state index contributed by atoms with van der Waals surface area (Å²) in [5, 5.41) is 4.64. The fourth-order valence-corrected chi connectivity index (χ4v) is 2.36. The minimum atomic E-state index is 0.826. The molecule has 0 spiro atoms. The van der Waals surface area contributed by atoms with Crippen LogP contribution < -0.4 is 5.43 Å². The first-order chi connectivity index (χ1) is 11.3. The Bertz CT molecular complexity index is 767. The first-order valence-corrected chi connectivity index (χ1v) is 7.62. The largest absolute Gasteiger partial charge is 0.278 e. The van der Waals surface area contributed by atoms with Crippen molar-refractivity contribution in [1.29, 1.82) is 0 Å². The molecular weight excluding hydrogens is 282 g/mol. The van der Waals surface area contributed by atoms with E-state index in [1.54, 1.807) is 6.20 Å². The third kappa shape index (κ3) is 3.46. The fourth-order valence-electron chi connectivity index (χ4n) is 2.36. The van der Waals surface area contributed by atoms with Crippen molar-refractivity contribution in [2.75, 3.05) is 5.43 Å². The number of pyridine rings is 1. The van der Waals surface area contributed by atoms with Crippen molar-refractivity contribution in [1.82, 2.24) is 4.98 Å². The summed E-state index contributed by atoms with van der Waals surface area (Å²) in [6.45, 7) is 4.19. The second kappa shape index (κ2) is 6.88. The first-order valence-electron chi connectivity index (χ1n) is 7.62. The van der Waals surface area contributed by atoms with E-state index >= 15 is 0 Å². The molecule has 3 aromatic rings. The summed E-state index contributed by atoms with van der Waals surface area (Å²) < 4.78 is 0. The maximum absolute atomic E-state index is 4.64. The number of hydrazone groups is 1. The molecule has 23 heavy (non-hydrogen) atoms. The predicted molar refractivity (Wildman–Crippen MR) is 95.9 cm³/mol. The summed E-state index contributed by atoms with van der Waals surface area (Å²) in [4.78, 5) is 4.44. The number of benzene rings is 2. The molecule has 0 atom stereocenters. The van der Waals surface area contributed by atoms with E-state index in [1.165, 1.54) is 11.1 Å². The number of nitrogens with zero attached hydrogens (tertiary/aromatic N) is 2. The van der Waals surface area contributed by atoms with Crippen LogP contribution in [-0.4, -0.2) is 10.7 Å². The summed E-state index contributed by atoms with van der Waals surface area (Å²) in [7, 11) is 0. The van der Waals surface area contributed by atoms with Gasteiger partial charge >= 0.3 is 0 Å². The zero-order valence-electron chi connectivity index (χ0n) is 13.3. The second-order valence-electron chi connectivity index (χ2n) is 5.40. The smallest absolute Gasteiger partial charge is 0.116 e. The average molecular weight is 301 g/mol. The Balaban J connectivity index is 2.00. The molecule has 2 aromatic carbocycles. The lowest BCUT2D eigenvalue weighted by Crippen LogP contribution is -2.08. The SMILES string of the molecule is Cc1cccc(N/N=C(\c2ccccc2)c2ccccn2)c1C. The Morgan fingerprint density at radius 2 is 1.65 bits per heavy atom. The molecule has 1 heterocycles. The van der Waals surface area contributed by atoms with Gasteiger partial charge in [-0.15, -0.1) is 0 Å². The molecular formula is C20H19N3. The van der Waals surface area contributed by atoms with Crippen LogP contribution in [0.15, 0.2) is 78.0 Å². The van der Waals surface area contributed by atoms with Gasteiger partial charge in [-0.05, 0) is 43.2 Å². The molecule has 0 fully saturated rings. The Morgan fingerprint density at radius 3 is 2.39 bits per heavy atom. The minimum absolute atomic E-state index is 0.826. The fraction of sp³-hybridized carbons (Fsp3) is 0.100. The molecule has 0 saturated heterocycles. The number of nitrogens with one attached hydrogen (secondary N) is 1. The third-order valence-corrected chi connectivity index (χ3v) is 3.85. The topological polar surface area (TPSA) is 37.3 Å². The van der Waals surface area contributed by atoms with Gasteiger partial charge < -0.3 is 0 Å². The van der Waals surface area contributed by atoms with Gasteiger partial charge in [0.25, 0.3) is 0 Å². The monoisotopic (exact) mass is 301 g/mol. The van der Waals surface area contributed by atoms with Crippen LogP contribution in [0.2, 0.25) is 0 Å². The number of hydrogen-bond acceptors (Lipinski definition) is 3. The summed E-state index contributed by atoms with van der Waals surface area (Å²) in [6, 6.07) is 22.1. The van der Waals surface area contributed by atoms with Crippen molar-refractivity contribution in [3.63, 3.8) is 0 Å². The van der Waals surface area contributed by atoms with Gasteiger partial charge in [-0.3, -0.25) is 10.4 Å². The van der Waals surface area contributed by atoms with Gasteiger partial charge in [-0.2, -0.15) is 5.10 Å². The van der Waals surface area contributed by atoms with E-state index in [-0.39, 0.29) is 0 Å². The lowest BCUT2D eigenvalue weighted by Gasteiger charge is -2.10. The number of rotatable bonds is 4.